The molecule has 3 aromatic rings. The van der Waals surface area contributed by atoms with Crippen molar-refractivity contribution in [3.8, 4) is 5.75 Å². The van der Waals surface area contributed by atoms with Crippen molar-refractivity contribution in [2.24, 2.45) is 0 Å². The van der Waals surface area contributed by atoms with E-state index in [2.05, 4.69) is 0 Å². The minimum absolute atomic E-state index is 0.161. The smallest absolute Gasteiger partial charge is 0.258 e. The Morgan fingerprint density at radius 1 is 1.04 bits per heavy atom. The van der Waals surface area contributed by atoms with E-state index in [4.69, 9.17) is 8.83 Å². The molecule has 2 aromatic heterocycles. The second kappa shape index (κ2) is 6.44. The normalized spacial score (nSPS) is 10.7. The summed E-state index contributed by atoms with van der Waals surface area (Å²) in [6.45, 7) is 2.33. The number of carbonyl (C=O) groups excluding carboxylic acids is 1. The minimum Gasteiger partial charge on any atom is -0.508 e. The quantitative estimate of drug-likeness (QED) is 0.779. The van der Waals surface area contributed by atoms with Gasteiger partial charge in [0.2, 0.25) is 0 Å². The number of phenolic OH excluding ortho intramolecular Hbond substituents is 1. The molecule has 118 valence electrons. The number of benzene rings is 1. The molecule has 0 saturated carbocycles. The molecule has 0 aliphatic rings. The maximum atomic E-state index is 12.8. The van der Waals surface area contributed by atoms with E-state index in [9.17, 15) is 9.90 Å². The molecule has 5 nitrogen and oxygen atoms in total. The molecule has 1 N–H and O–H groups in total. The summed E-state index contributed by atoms with van der Waals surface area (Å²) in [7, 11) is 0. The van der Waals surface area contributed by atoms with Gasteiger partial charge in [-0.3, -0.25) is 4.79 Å². The summed E-state index contributed by atoms with van der Waals surface area (Å²) in [5.74, 6) is 1.23. The number of furan rings is 2. The summed E-state index contributed by atoms with van der Waals surface area (Å²) in [6, 6.07) is 12.2. The van der Waals surface area contributed by atoms with Crippen molar-refractivity contribution in [3.05, 3.63) is 77.6 Å². The van der Waals surface area contributed by atoms with Crippen molar-refractivity contribution < 1.29 is 18.7 Å². The number of aryl methyl sites for hydroxylation is 1. The van der Waals surface area contributed by atoms with Crippen LogP contribution in [0.3, 0.4) is 0 Å². The summed E-state index contributed by atoms with van der Waals surface area (Å²) < 4.78 is 10.6. The highest BCUT2D eigenvalue weighted by Gasteiger charge is 2.21. The summed E-state index contributed by atoms with van der Waals surface area (Å²) in [4.78, 5) is 14.4. The van der Waals surface area contributed by atoms with Crippen LogP contribution in [0.2, 0.25) is 0 Å². The van der Waals surface area contributed by atoms with Crippen molar-refractivity contribution >= 4 is 5.91 Å². The molecule has 0 saturated heterocycles. The van der Waals surface area contributed by atoms with Crippen LogP contribution in [-0.2, 0) is 13.1 Å². The molecule has 2 heterocycles. The van der Waals surface area contributed by atoms with Crippen LogP contribution in [0.5, 0.6) is 5.75 Å². The van der Waals surface area contributed by atoms with E-state index in [-0.39, 0.29) is 18.2 Å². The van der Waals surface area contributed by atoms with E-state index >= 15 is 0 Å². The Kier molecular flexibility index (Phi) is 4.19. The fourth-order valence-electron chi connectivity index (χ4n) is 2.42. The van der Waals surface area contributed by atoms with Gasteiger partial charge in [0.05, 0.1) is 31.2 Å². The number of hydrogen-bond donors (Lipinski definition) is 1. The Bertz CT molecular complexity index is 789. The molecule has 0 fully saturated rings. The first-order chi connectivity index (χ1) is 11.1. The van der Waals surface area contributed by atoms with Gasteiger partial charge in [0.15, 0.2) is 0 Å². The summed E-state index contributed by atoms with van der Waals surface area (Å²) in [5.41, 5.74) is 1.18. The van der Waals surface area contributed by atoms with Crippen LogP contribution in [0.4, 0.5) is 0 Å². The molecule has 0 radical (unpaired) electrons. The van der Waals surface area contributed by atoms with Crippen LogP contribution >= 0.6 is 0 Å². The van der Waals surface area contributed by atoms with Crippen LogP contribution in [0, 0.1) is 6.92 Å². The van der Waals surface area contributed by atoms with Gasteiger partial charge in [-0.2, -0.15) is 0 Å². The minimum atomic E-state index is -0.170. The van der Waals surface area contributed by atoms with Crippen molar-refractivity contribution in [1.82, 2.24) is 4.90 Å². The number of para-hydroxylation sites is 1. The standard InChI is InChI=1S/C18H17NO4/c1-13-16(8-10-22-13)18(21)19(12-15-6-4-9-23-15)11-14-5-2-3-7-17(14)20/h2-10,20H,11-12H2,1H3. The van der Waals surface area contributed by atoms with E-state index < -0.39 is 0 Å². The maximum absolute atomic E-state index is 12.8. The Labute approximate surface area is 133 Å². The maximum Gasteiger partial charge on any atom is 0.258 e. The lowest BCUT2D eigenvalue weighted by molar-refractivity contribution is 0.0715. The highest BCUT2D eigenvalue weighted by Crippen LogP contribution is 2.22. The van der Waals surface area contributed by atoms with Gasteiger partial charge in [-0.25, -0.2) is 0 Å². The van der Waals surface area contributed by atoms with Gasteiger partial charge >= 0.3 is 0 Å². The Morgan fingerprint density at radius 2 is 1.87 bits per heavy atom. The van der Waals surface area contributed by atoms with Crippen molar-refractivity contribution in [2.75, 3.05) is 0 Å². The molecule has 5 heteroatoms. The third-order valence-corrected chi connectivity index (χ3v) is 3.66. The zero-order valence-electron chi connectivity index (χ0n) is 12.7. The van der Waals surface area contributed by atoms with Gasteiger partial charge in [-0.15, -0.1) is 0 Å². The van der Waals surface area contributed by atoms with Crippen molar-refractivity contribution in [1.29, 1.82) is 0 Å². The largest absolute Gasteiger partial charge is 0.508 e. The van der Waals surface area contributed by atoms with Gasteiger partial charge in [0.1, 0.15) is 17.3 Å². The molecule has 0 bridgehead atoms. The van der Waals surface area contributed by atoms with Crippen LogP contribution in [0.25, 0.3) is 0 Å². The average molecular weight is 311 g/mol. The molecule has 0 aliphatic heterocycles. The van der Waals surface area contributed by atoms with Crippen LogP contribution in [-0.4, -0.2) is 15.9 Å². The number of nitrogens with zero attached hydrogens (tertiary/aromatic N) is 1. The molecule has 23 heavy (non-hydrogen) atoms. The van der Waals surface area contributed by atoms with Crippen molar-refractivity contribution in [2.45, 2.75) is 20.0 Å². The van der Waals surface area contributed by atoms with Gasteiger partial charge in [-0.05, 0) is 31.2 Å². The first-order valence-electron chi connectivity index (χ1n) is 7.28. The lowest BCUT2D eigenvalue weighted by atomic mass is 10.1. The fraction of sp³-hybridized carbons (Fsp3) is 0.167. The van der Waals surface area contributed by atoms with Crippen molar-refractivity contribution in [3.63, 3.8) is 0 Å². The predicted octanol–water partition coefficient (Wildman–Crippen LogP) is 3.73. The van der Waals surface area contributed by atoms with Crippen LogP contribution < -0.4 is 0 Å². The highest BCUT2D eigenvalue weighted by atomic mass is 16.3. The van der Waals surface area contributed by atoms with Gasteiger partial charge in [-0.1, -0.05) is 18.2 Å². The number of rotatable bonds is 5. The van der Waals surface area contributed by atoms with E-state index in [1.165, 1.54) is 6.26 Å². The Balaban J connectivity index is 1.89. The number of carbonyl (C=O) groups is 1. The molecular weight excluding hydrogens is 294 g/mol. The molecule has 0 atom stereocenters. The number of hydrogen-bond acceptors (Lipinski definition) is 4. The van der Waals surface area contributed by atoms with Gasteiger partial charge in [0, 0.05) is 5.56 Å². The van der Waals surface area contributed by atoms with Gasteiger partial charge in [0.25, 0.3) is 5.91 Å². The molecule has 1 amide bonds. The zero-order valence-corrected chi connectivity index (χ0v) is 12.7. The first-order valence-corrected chi connectivity index (χ1v) is 7.28. The third kappa shape index (κ3) is 3.29. The summed E-state index contributed by atoms with van der Waals surface area (Å²) >= 11 is 0. The Hall–Kier alpha value is -2.95. The second-order valence-electron chi connectivity index (χ2n) is 5.26. The second-order valence-corrected chi connectivity index (χ2v) is 5.26. The summed E-state index contributed by atoms with van der Waals surface area (Å²) in [5, 5.41) is 9.97. The SMILES string of the molecule is Cc1occc1C(=O)N(Cc1ccco1)Cc1ccccc1O. The first kappa shape index (κ1) is 15.0. The predicted molar refractivity (Wildman–Crippen MR) is 83.8 cm³/mol. The van der Waals surface area contributed by atoms with Crippen LogP contribution in [0.1, 0.15) is 27.4 Å². The Morgan fingerprint density at radius 3 is 2.52 bits per heavy atom. The number of aromatic hydroxyl groups is 1. The average Bonchev–Trinajstić information content (AvgIpc) is 3.19. The molecule has 3 rings (SSSR count). The lowest BCUT2D eigenvalue weighted by Crippen LogP contribution is -2.30. The topological polar surface area (TPSA) is 66.8 Å². The zero-order chi connectivity index (χ0) is 16.2. The van der Waals surface area contributed by atoms with E-state index in [1.54, 1.807) is 48.4 Å². The number of phenols is 1. The van der Waals surface area contributed by atoms with E-state index in [0.717, 1.165) is 0 Å². The van der Waals surface area contributed by atoms with Gasteiger partial charge < -0.3 is 18.8 Å². The molecule has 0 aliphatic carbocycles. The third-order valence-electron chi connectivity index (χ3n) is 3.66. The van der Waals surface area contributed by atoms with Crippen LogP contribution in [0.15, 0.2) is 63.8 Å². The van der Waals surface area contributed by atoms with E-state index in [1.807, 2.05) is 12.1 Å². The molecule has 1 aromatic carbocycles. The lowest BCUT2D eigenvalue weighted by Gasteiger charge is -2.22. The highest BCUT2D eigenvalue weighted by molar-refractivity contribution is 5.95. The molecular formula is C18H17NO4. The fourth-order valence-corrected chi connectivity index (χ4v) is 2.42. The number of amides is 1. The van der Waals surface area contributed by atoms with E-state index in [0.29, 0.717) is 29.2 Å². The molecule has 0 spiro atoms. The summed E-state index contributed by atoms with van der Waals surface area (Å²) in [6.07, 6.45) is 3.06. The monoisotopic (exact) mass is 311 g/mol. The molecule has 0 unspecified atom stereocenters.